The Morgan fingerprint density at radius 1 is 1.47 bits per heavy atom. The van der Waals surface area contributed by atoms with Crippen molar-refractivity contribution in [2.24, 2.45) is 5.41 Å². The maximum atomic E-state index is 4.74. The van der Waals surface area contributed by atoms with Gasteiger partial charge in [-0.2, -0.15) is 0 Å². The molecule has 0 aliphatic carbocycles. The van der Waals surface area contributed by atoms with Crippen LogP contribution in [0.3, 0.4) is 0 Å². The Morgan fingerprint density at radius 3 is 2.53 bits per heavy atom. The summed E-state index contributed by atoms with van der Waals surface area (Å²) in [6.07, 6.45) is 1.13. The molecular weight excluding hydrogens is 204 g/mol. The quantitative estimate of drug-likeness (QED) is 0.835. The first-order valence-electron chi connectivity index (χ1n) is 5.55. The van der Waals surface area contributed by atoms with Gasteiger partial charge in [0.05, 0.1) is 10.7 Å². The summed E-state index contributed by atoms with van der Waals surface area (Å²) in [6, 6.07) is 0. The van der Waals surface area contributed by atoms with Crippen molar-refractivity contribution < 1.29 is 0 Å². The van der Waals surface area contributed by atoms with Crippen molar-refractivity contribution in [1.29, 1.82) is 0 Å². The van der Waals surface area contributed by atoms with Crippen LogP contribution in [-0.4, -0.2) is 18.1 Å². The molecular formula is C12H20N2S. The molecule has 2 nitrogen and oxygen atoms in total. The summed E-state index contributed by atoms with van der Waals surface area (Å²) in [5, 5.41) is 6.84. The molecule has 0 amide bonds. The zero-order chi connectivity index (χ0) is 11.1. The van der Waals surface area contributed by atoms with Crippen LogP contribution in [0.2, 0.25) is 0 Å². The van der Waals surface area contributed by atoms with Gasteiger partial charge in [0.1, 0.15) is 0 Å². The van der Waals surface area contributed by atoms with Gasteiger partial charge in [0.25, 0.3) is 0 Å². The molecule has 0 spiro atoms. The minimum absolute atomic E-state index is 0.188. The summed E-state index contributed by atoms with van der Waals surface area (Å²) in [5.41, 5.74) is 1.87. The van der Waals surface area contributed by atoms with Crippen molar-refractivity contribution in [2.75, 3.05) is 13.1 Å². The molecule has 0 aromatic carbocycles. The number of nitrogens with zero attached hydrogens (tertiary/aromatic N) is 1. The standard InChI is InChI=1S/C12H20N2S/c1-11(2,3)9-6-15-10(14-9)5-12(4)7-13-8-12/h6,13H,5,7-8H2,1-4H3. The molecule has 0 saturated carbocycles. The van der Waals surface area contributed by atoms with Gasteiger partial charge in [-0.25, -0.2) is 4.98 Å². The Balaban J connectivity index is 2.07. The van der Waals surface area contributed by atoms with Crippen LogP contribution in [0.5, 0.6) is 0 Å². The average Bonchev–Trinajstić information content (AvgIpc) is 2.49. The SMILES string of the molecule is CC1(Cc2nc(C(C)(C)C)cs2)CNC1. The lowest BCUT2D eigenvalue weighted by atomic mass is 9.81. The van der Waals surface area contributed by atoms with E-state index in [1.54, 1.807) is 0 Å². The lowest BCUT2D eigenvalue weighted by molar-refractivity contribution is 0.195. The van der Waals surface area contributed by atoms with Crippen molar-refractivity contribution in [3.8, 4) is 0 Å². The third-order valence-electron chi connectivity index (χ3n) is 3.00. The van der Waals surface area contributed by atoms with Gasteiger partial charge in [-0.05, 0) is 5.41 Å². The molecule has 0 bridgehead atoms. The van der Waals surface area contributed by atoms with Crippen LogP contribution in [0, 0.1) is 5.41 Å². The summed E-state index contributed by atoms with van der Waals surface area (Å²) in [4.78, 5) is 4.74. The minimum Gasteiger partial charge on any atom is -0.316 e. The number of hydrogen-bond donors (Lipinski definition) is 1. The predicted octanol–water partition coefficient (Wildman–Crippen LogP) is 2.59. The Bertz CT molecular complexity index is 345. The summed E-state index contributed by atoms with van der Waals surface area (Å²) < 4.78 is 0. The molecule has 3 heteroatoms. The highest BCUT2D eigenvalue weighted by molar-refractivity contribution is 7.09. The van der Waals surface area contributed by atoms with E-state index in [0.29, 0.717) is 5.41 Å². The molecule has 84 valence electrons. The predicted molar refractivity (Wildman–Crippen MR) is 65.5 cm³/mol. The third kappa shape index (κ3) is 2.40. The monoisotopic (exact) mass is 224 g/mol. The first kappa shape index (κ1) is 11.1. The molecule has 1 aliphatic rings. The first-order valence-corrected chi connectivity index (χ1v) is 6.43. The highest BCUT2D eigenvalue weighted by Gasteiger charge is 2.33. The second-order valence-electron chi connectivity index (χ2n) is 5.97. The van der Waals surface area contributed by atoms with Gasteiger partial charge in [0.15, 0.2) is 0 Å². The third-order valence-corrected chi connectivity index (χ3v) is 3.85. The fraction of sp³-hybridized carbons (Fsp3) is 0.750. The topological polar surface area (TPSA) is 24.9 Å². The van der Waals surface area contributed by atoms with Crippen molar-refractivity contribution >= 4 is 11.3 Å². The van der Waals surface area contributed by atoms with Gasteiger partial charge in [-0.3, -0.25) is 0 Å². The molecule has 0 unspecified atom stereocenters. The van der Waals surface area contributed by atoms with Crippen LogP contribution in [0.4, 0.5) is 0 Å². The molecule has 2 heterocycles. The van der Waals surface area contributed by atoms with E-state index in [-0.39, 0.29) is 5.41 Å². The summed E-state index contributed by atoms with van der Waals surface area (Å²) in [5.74, 6) is 0. The molecule has 1 N–H and O–H groups in total. The molecule has 0 atom stereocenters. The van der Waals surface area contributed by atoms with Crippen LogP contribution in [0.1, 0.15) is 38.4 Å². The Labute approximate surface area is 96.1 Å². The van der Waals surface area contributed by atoms with Gasteiger partial charge in [0.2, 0.25) is 0 Å². The highest BCUT2D eigenvalue weighted by Crippen LogP contribution is 2.30. The molecule has 0 radical (unpaired) electrons. The van der Waals surface area contributed by atoms with Crippen LogP contribution < -0.4 is 5.32 Å². The average molecular weight is 224 g/mol. The Morgan fingerprint density at radius 2 is 2.13 bits per heavy atom. The van der Waals surface area contributed by atoms with Crippen LogP contribution >= 0.6 is 11.3 Å². The second-order valence-corrected chi connectivity index (χ2v) is 6.91. The molecule has 1 aliphatic heterocycles. The highest BCUT2D eigenvalue weighted by atomic mass is 32.1. The zero-order valence-corrected chi connectivity index (χ0v) is 10.9. The number of rotatable bonds is 2. The van der Waals surface area contributed by atoms with Crippen molar-refractivity contribution in [3.63, 3.8) is 0 Å². The minimum atomic E-state index is 0.188. The number of aromatic nitrogens is 1. The second kappa shape index (κ2) is 3.56. The fourth-order valence-corrected chi connectivity index (χ4v) is 3.02. The van der Waals surface area contributed by atoms with Crippen molar-refractivity contribution in [3.05, 3.63) is 16.1 Å². The maximum absolute atomic E-state index is 4.74. The number of hydrogen-bond acceptors (Lipinski definition) is 3. The van der Waals surface area contributed by atoms with E-state index >= 15 is 0 Å². The van der Waals surface area contributed by atoms with Gasteiger partial charge >= 0.3 is 0 Å². The lowest BCUT2D eigenvalue weighted by Crippen LogP contribution is -2.52. The first-order chi connectivity index (χ1) is 6.89. The lowest BCUT2D eigenvalue weighted by Gasteiger charge is -2.38. The maximum Gasteiger partial charge on any atom is 0.0934 e. The van der Waals surface area contributed by atoms with Gasteiger partial charge in [-0.1, -0.05) is 27.7 Å². The summed E-state index contributed by atoms with van der Waals surface area (Å²) >= 11 is 1.81. The van der Waals surface area contributed by atoms with E-state index in [9.17, 15) is 0 Å². The van der Waals surface area contributed by atoms with Crippen LogP contribution in [-0.2, 0) is 11.8 Å². The number of thiazole rings is 1. The summed E-state index contributed by atoms with van der Waals surface area (Å²) in [6.45, 7) is 11.3. The molecule has 1 fully saturated rings. The normalized spacial score (nSPS) is 20.0. The van der Waals surface area contributed by atoms with E-state index < -0.39 is 0 Å². The van der Waals surface area contributed by atoms with Crippen LogP contribution in [0.15, 0.2) is 5.38 Å². The van der Waals surface area contributed by atoms with Crippen LogP contribution in [0.25, 0.3) is 0 Å². The van der Waals surface area contributed by atoms with E-state index in [2.05, 4.69) is 38.4 Å². The van der Waals surface area contributed by atoms with Gasteiger partial charge in [0, 0.05) is 30.3 Å². The molecule has 1 aromatic rings. The molecule has 1 saturated heterocycles. The van der Waals surface area contributed by atoms with Crippen molar-refractivity contribution in [2.45, 2.75) is 39.5 Å². The van der Waals surface area contributed by atoms with E-state index in [1.165, 1.54) is 10.7 Å². The van der Waals surface area contributed by atoms with Gasteiger partial charge in [-0.15, -0.1) is 11.3 Å². The van der Waals surface area contributed by atoms with E-state index in [0.717, 1.165) is 19.5 Å². The molecule has 1 aromatic heterocycles. The number of nitrogens with one attached hydrogen (secondary N) is 1. The molecule has 2 rings (SSSR count). The van der Waals surface area contributed by atoms with Gasteiger partial charge < -0.3 is 5.32 Å². The van der Waals surface area contributed by atoms with Crippen molar-refractivity contribution in [1.82, 2.24) is 10.3 Å². The summed E-state index contributed by atoms with van der Waals surface area (Å²) in [7, 11) is 0. The zero-order valence-electron chi connectivity index (χ0n) is 10.1. The largest absolute Gasteiger partial charge is 0.316 e. The van der Waals surface area contributed by atoms with E-state index in [4.69, 9.17) is 4.98 Å². The molecule has 15 heavy (non-hydrogen) atoms. The Kier molecular flexibility index (Phi) is 2.63. The fourth-order valence-electron chi connectivity index (χ4n) is 1.78. The Hall–Kier alpha value is -0.410. The van der Waals surface area contributed by atoms with E-state index in [1.807, 2.05) is 11.3 Å². The smallest absolute Gasteiger partial charge is 0.0934 e.